The van der Waals surface area contributed by atoms with Gasteiger partial charge < -0.3 is 5.73 Å². The molecule has 0 spiro atoms. The number of carbonyl (C=O) groups excluding carboxylic acids is 1. The molecular formula is C20H23BrN4O. The third kappa shape index (κ3) is 3.35. The lowest BCUT2D eigenvalue weighted by atomic mass is 9.76. The number of rotatable bonds is 4. The number of hydrogen-bond donors (Lipinski definition) is 1. The molecule has 2 unspecified atom stereocenters. The number of halogens is 1. The van der Waals surface area contributed by atoms with Crippen molar-refractivity contribution in [3.63, 3.8) is 0 Å². The summed E-state index contributed by atoms with van der Waals surface area (Å²) < 4.78 is 0.950. The van der Waals surface area contributed by atoms with E-state index >= 15 is 0 Å². The fourth-order valence-corrected chi connectivity index (χ4v) is 4.98. The second-order valence-electron chi connectivity index (χ2n) is 7.18. The summed E-state index contributed by atoms with van der Waals surface area (Å²) in [7, 11) is 0. The van der Waals surface area contributed by atoms with Gasteiger partial charge in [-0.15, -0.1) is 0 Å². The topological polar surface area (TPSA) is 62.5 Å². The van der Waals surface area contributed by atoms with Crippen LogP contribution in [-0.4, -0.2) is 41.1 Å². The number of piperidine rings is 3. The maximum absolute atomic E-state index is 12.5. The number of hydrogen-bond acceptors (Lipinski definition) is 3. The maximum Gasteiger partial charge on any atom is 0.319 e. The Labute approximate surface area is 162 Å². The van der Waals surface area contributed by atoms with Gasteiger partial charge in [-0.1, -0.05) is 28.1 Å². The molecule has 2 bridgehead atoms. The van der Waals surface area contributed by atoms with E-state index < -0.39 is 0 Å². The minimum Gasteiger partial charge on any atom is -0.351 e. The van der Waals surface area contributed by atoms with E-state index in [9.17, 15) is 4.79 Å². The van der Waals surface area contributed by atoms with Crippen molar-refractivity contribution in [2.24, 2.45) is 11.7 Å². The Morgan fingerprint density at radius 3 is 2.73 bits per heavy atom. The summed E-state index contributed by atoms with van der Waals surface area (Å²) in [6.45, 7) is 2.19. The van der Waals surface area contributed by atoms with E-state index in [1.165, 1.54) is 5.56 Å². The molecule has 0 aliphatic carbocycles. The largest absolute Gasteiger partial charge is 0.351 e. The van der Waals surface area contributed by atoms with Crippen LogP contribution in [0, 0.1) is 5.92 Å². The normalized spacial score (nSPS) is 27.3. The Bertz CT molecular complexity index is 776. The van der Waals surface area contributed by atoms with Crippen LogP contribution in [0.4, 0.5) is 10.5 Å². The molecule has 2 amide bonds. The van der Waals surface area contributed by atoms with Crippen LogP contribution >= 0.6 is 15.9 Å². The number of pyridine rings is 1. The zero-order valence-corrected chi connectivity index (χ0v) is 16.2. The van der Waals surface area contributed by atoms with Gasteiger partial charge in [0.15, 0.2) is 0 Å². The maximum atomic E-state index is 12.5. The Balaban J connectivity index is 1.71. The van der Waals surface area contributed by atoms with Crippen molar-refractivity contribution in [2.75, 3.05) is 18.0 Å². The highest BCUT2D eigenvalue weighted by atomic mass is 79.9. The van der Waals surface area contributed by atoms with Crippen LogP contribution in [-0.2, 0) is 6.42 Å². The minimum absolute atomic E-state index is 0.0875. The third-order valence-corrected chi connectivity index (χ3v) is 6.20. The molecule has 5 rings (SSSR count). The molecule has 3 aliphatic heterocycles. The molecule has 5 nitrogen and oxygen atoms in total. The predicted molar refractivity (Wildman–Crippen MR) is 106 cm³/mol. The molecule has 3 aliphatic rings. The second-order valence-corrected chi connectivity index (χ2v) is 8.10. The molecule has 1 aromatic carbocycles. The lowest BCUT2D eigenvalue weighted by Crippen LogP contribution is -2.66. The fourth-order valence-electron chi connectivity index (χ4n) is 4.59. The summed E-state index contributed by atoms with van der Waals surface area (Å²) in [5, 5.41) is 0. The van der Waals surface area contributed by atoms with Crippen molar-refractivity contribution in [1.29, 1.82) is 0 Å². The number of aromatic nitrogens is 1. The molecule has 3 fully saturated rings. The number of primary amides is 1. The van der Waals surface area contributed by atoms with Crippen LogP contribution in [0.2, 0.25) is 0 Å². The smallest absolute Gasteiger partial charge is 0.319 e. The first-order chi connectivity index (χ1) is 12.6. The molecule has 3 saturated heterocycles. The number of anilines is 1. The molecule has 6 heteroatoms. The van der Waals surface area contributed by atoms with Gasteiger partial charge in [-0.2, -0.15) is 0 Å². The van der Waals surface area contributed by atoms with Crippen molar-refractivity contribution in [1.82, 2.24) is 9.88 Å². The summed E-state index contributed by atoms with van der Waals surface area (Å²) in [5.74, 6) is 0.480. The Hall–Kier alpha value is -1.92. The van der Waals surface area contributed by atoms with Gasteiger partial charge in [-0.25, -0.2) is 4.79 Å². The molecule has 0 radical (unpaired) electrons. The predicted octanol–water partition coefficient (Wildman–Crippen LogP) is 3.43. The molecule has 2 N–H and O–H groups in total. The zero-order chi connectivity index (χ0) is 18.1. The van der Waals surface area contributed by atoms with Gasteiger partial charge in [0, 0.05) is 28.6 Å². The lowest BCUT2D eigenvalue weighted by Gasteiger charge is -2.54. The van der Waals surface area contributed by atoms with Crippen LogP contribution in [0.5, 0.6) is 0 Å². The lowest BCUT2D eigenvalue weighted by molar-refractivity contribution is 0.0279. The highest BCUT2D eigenvalue weighted by molar-refractivity contribution is 9.10. The van der Waals surface area contributed by atoms with Crippen LogP contribution < -0.4 is 10.6 Å². The second kappa shape index (κ2) is 7.37. The molecule has 2 atom stereocenters. The van der Waals surface area contributed by atoms with Crippen LogP contribution in [0.25, 0.3) is 0 Å². The van der Waals surface area contributed by atoms with Gasteiger partial charge in [-0.05, 0) is 68.1 Å². The van der Waals surface area contributed by atoms with Gasteiger partial charge in [0.25, 0.3) is 0 Å². The number of fused-ring (bicyclic) bond motifs is 3. The van der Waals surface area contributed by atoms with E-state index in [0.29, 0.717) is 5.92 Å². The van der Waals surface area contributed by atoms with Gasteiger partial charge in [0.05, 0.1) is 6.04 Å². The van der Waals surface area contributed by atoms with Gasteiger partial charge in [-0.3, -0.25) is 14.8 Å². The molecule has 2 aromatic rings. The first kappa shape index (κ1) is 17.5. The molecule has 136 valence electrons. The Kier molecular flexibility index (Phi) is 4.96. The summed E-state index contributed by atoms with van der Waals surface area (Å²) in [5.41, 5.74) is 7.94. The van der Waals surface area contributed by atoms with Gasteiger partial charge in [0.2, 0.25) is 0 Å². The van der Waals surface area contributed by atoms with E-state index in [0.717, 1.165) is 42.5 Å². The number of carbonyl (C=O) groups is 1. The van der Waals surface area contributed by atoms with Crippen molar-refractivity contribution in [3.05, 3.63) is 58.8 Å². The van der Waals surface area contributed by atoms with E-state index in [1.807, 2.05) is 41.4 Å². The van der Waals surface area contributed by atoms with E-state index in [1.54, 1.807) is 6.20 Å². The van der Waals surface area contributed by atoms with Crippen molar-refractivity contribution in [2.45, 2.75) is 31.3 Å². The average Bonchev–Trinajstić information content (AvgIpc) is 2.65. The van der Waals surface area contributed by atoms with Crippen LogP contribution in [0.15, 0.2) is 53.3 Å². The standard InChI is InChI=1S/C20H23BrN4O/c21-16-4-1-5-17(12-16)25(20(22)26)19-15-6-9-24(10-7-15)18(19)11-14-3-2-8-23-13-14/h1-5,8,12-13,15,18-19H,6-7,9-11H2,(H2,22,26). The van der Waals surface area contributed by atoms with Crippen molar-refractivity contribution < 1.29 is 4.79 Å². The number of urea groups is 1. The summed E-state index contributed by atoms with van der Waals surface area (Å²) >= 11 is 3.52. The third-order valence-electron chi connectivity index (χ3n) is 5.71. The molecule has 4 heterocycles. The van der Waals surface area contributed by atoms with Crippen molar-refractivity contribution in [3.8, 4) is 0 Å². The molecule has 0 saturated carbocycles. The Morgan fingerprint density at radius 1 is 1.27 bits per heavy atom. The molecule has 26 heavy (non-hydrogen) atoms. The monoisotopic (exact) mass is 414 g/mol. The van der Waals surface area contributed by atoms with Gasteiger partial charge in [0.1, 0.15) is 0 Å². The number of amides is 2. The Morgan fingerprint density at radius 2 is 2.08 bits per heavy atom. The SMILES string of the molecule is NC(=O)N(c1cccc(Br)c1)C1C2CCN(CC2)C1Cc1cccnc1. The van der Waals surface area contributed by atoms with E-state index in [-0.39, 0.29) is 18.1 Å². The minimum atomic E-state index is -0.377. The fraction of sp³-hybridized carbons (Fsp3) is 0.400. The quantitative estimate of drug-likeness (QED) is 0.833. The average molecular weight is 415 g/mol. The summed E-state index contributed by atoms with van der Waals surface area (Å²) in [6, 6.07) is 11.9. The molecular weight excluding hydrogens is 392 g/mol. The number of nitrogens with two attached hydrogens (primary N) is 1. The summed E-state index contributed by atoms with van der Waals surface area (Å²) in [6.07, 6.45) is 6.84. The number of benzene rings is 1. The van der Waals surface area contributed by atoms with Gasteiger partial charge >= 0.3 is 6.03 Å². The van der Waals surface area contributed by atoms with E-state index in [2.05, 4.69) is 31.9 Å². The van der Waals surface area contributed by atoms with Crippen molar-refractivity contribution >= 4 is 27.6 Å². The molecule has 1 aromatic heterocycles. The van der Waals surface area contributed by atoms with Crippen LogP contribution in [0.3, 0.4) is 0 Å². The zero-order valence-electron chi connectivity index (χ0n) is 14.6. The first-order valence-corrected chi connectivity index (χ1v) is 9.90. The highest BCUT2D eigenvalue weighted by Gasteiger charge is 2.46. The van der Waals surface area contributed by atoms with Crippen LogP contribution in [0.1, 0.15) is 18.4 Å². The first-order valence-electron chi connectivity index (χ1n) is 9.10. The highest BCUT2D eigenvalue weighted by Crippen LogP contribution is 2.39. The number of nitrogens with zero attached hydrogens (tertiary/aromatic N) is 3. The summed E-state index contributed by atoms with van der Waals surface area (Å²) in [4.78, 5) is 21.1. The van der Waals surface area contributed by atoms with E-state index in [4.69, 9.17) is 5.73 Å².